The number of allylic oxidation sites excluding steroid dienone is 2. The van der Waals surface area contributed by atoms with Crippen LogP contribution in [0.1, 0.15) is 70.0 Å². The number of methoxy groups -OCH3 is 1. The number of carbonyl (C=O) groups excluding carboxylic acids is 3. The molecular weight excluding hydrogens is 714 g/mol. The van der Waals surface area contributed by atoms with Crippen LogP contribution in [-0.2, 0) is 23.8 Å². The van der Waals surface area contributed by atoms with Crippen molar-refractivity contribution < 1.29 is 58.9 Å². The van der Waals surface area contributed by atoms with Crippen molar-refractivity contribution in [2.45, 2.75) is 85.6 Å². The van der Waals surface area contributed by atoms with E-state index in [0.29, 0.717) is 0 Å². The van der Waals surface area contributed by atoms with E-state index < -0.39 is 88.8 Å². The largest absolute Gasteiger partial charge is 0.507 e. The number of benzene rings is 2. The van der Waals surface area contributed by atoms with Gasteiger partial charge in [0, 0.05) is 75.2 Å². The lowest BCUT2D eigenvalue weighted by Crippen LogP contribution is -2.46. The van der Waals surface area contributed by atoms with Crippen LogP contribution in [0.5, 0.6) is 23.0 Å². The molecule has 5 bridgehead atoms. The molecule has 15 heteroatoms. The third-order valence-corrected chi connectivity index (χ3v) is 10.5. The minimum atomic E-state index is -2.04. The molecule has 3 aliphatic rings. The molecule has 9 unspecified atom stereocenters. The van der Waals surface area contributed by atoms with E-state index in [9.17, 15) is 39.9 Å². The Morgan fingerprint density at radius 1 is 0.964 bits per heavy atom. The van der Waals surface area contributed by atoms with Gasteiger partial charge < -0.3 is 54.8 Å². The van der Waals surface area contributed by atoms with E-state index in [0.717, 1.165) is 0 Å². The molecule has 1 amide bonds. The Kier molecular flexibility index (Phi) is 13.0. The fourth-order valence-corrected chi connectivity index (χ4v) is 7.05. The number of anilines is 1. The highest BCUT2D eigenvalue weighted by Crippen LogP contribution is 2.55. The predicted octanol–water partition coefficient (Wildman–Crippen LogP) is 4.65. The summed E-state index contributed by atoms with van der Waals surface area (Å²) in [4.78, 5) is 40.1. The first-order valence-electron chi connectivity index (χ1n) is 18.0. The van der Waals surface area contributed by atoms with Gasteiger partial charge in [0.1, 0.15) is 23.4 Å². The second kappa shape index (κ2) is 16.7. The summed E-state index contributed by atoms with van der Waals surface area (Å²) in [7, 11) is 4.65. The smallest absolute Gasteiger partial charge is 0.312 e. The molecule has 0 radical (unpaired) electrons. The van der Waals surface area contributed by atoms with Crippen LogP contribution in [0.25, 0.3) is 10.8 Å². The zero-order chi connectivity index (χ0) is 41.3. The van der Waals surface area contributed by atoms with Crippen LogP contribution >= 0.6 is 0 Å². The molecule has 3 heterocycles. The number of rotatable bonds is 4. The molecule has 0 saturated carbocycles. The number of carbonyl (C=O) groups is 3. The van der Waals surface area contributed by atoms with Crippen molar-refractivity contribution in [2.24, 2.45) is 28.8 Å². The molecule has 300 valence electrons. The summed E-state index contributed by atoms with van der Waals surface area (Å²) >= 11 is 0. The number of amides is 1. The molecule has 6 N–H and O–H groups in total. The summed E-state index contributed by atoms with van der Waals surface area (Å²) in [6.07, 6.45) is 4.69. The fourth-order valence-electron chi connectivity index (χ4n) is 7.05. The number of Topliss-reactive ketones (excluding diaryl/α,β-unsaturated/α-hetero) is 1. The first-order chi connectivity index (χ1) is 25.7. The van der Waals surface area contributed by atoms with Crippen molar-refractivity contribution in [2.75, 3.05) is 26.5 Å². The van der Waals surface area contributed by atoms with Crippen LogP contribution in [-0.4, -0.2) is 106 Å². The van der Waals surface area contributed by atoms with E-state index >= 15 is 0 Å². The Morgan fingerprint density at radius 3 is 2.22 bits per heavy atom. The average Bonchev–Trinajstić information content (AvgIpc) is 3.39. The van der Waals surface area contributed by atoms with Gasteiger partial charge in [-0.2, -0.15) is 5.10 Å². The molecule has 3 aliphatic heterocycles. The van der Waals surface area contributed by atoms with Crippen molar-refractivity contribution in [3.05, 3.63) is 52.8 Å². The normalized spacial score (nSPS) is 29.3. The highest BCUT2D eigenvalue weighted by molar-refractivity contribution is 6.23. The number of hydrazone groups is 1. The van der Waals surface area contributed by atoms with E-state index in [1.807, 2.05) is 0 Å². The Balaban J connectivity index is 1.97. The number of nitrogens with one attached hydrogen (secondary N) is 1. The molecule has 15 nitrogen and oxygen atoms in total. The number of esters is 1. The van der Waals surface area contributed by atoms with Crippen molar-refractivity contribution in [1.29, 1.82) is 0 Å². The van der Waals surface area contributed by atoms with Gasteiger partial charge in [0.05, 0.1) is 53.0 Å². The molecule has 9 atom stereocenters. The summed E-state index contributed by atoms with van der Waals surface area (Å²) in [5.41, 5.74) is -0.445. The number of hydrogen-bond acceptors (Lipinski definition) is 14. The van der Waals surface area contributed by atoms with Crippen LogP contribution in [0.3, 0.4) is 0 Å². The molecular formula is C40H53N3O12. The monoisotopic (exact) mass is 767 g/mol. The Bertz CT molecular complexity index is 1950. The second-order valence-electron chi connectivity index (χ2n) is 14.7. The van der Waals surface area contributed by atoms with Crippen LogP contribution in [0.2, 0.25) is 0 Å². The lowest BCUT2D eigenvalue weighted by atomic mass is 9.78. The van der Waals surface area contributed by atoms with Gasteiger partial charge in [-0.25, -0.2) is 0 Å². The van der Waals surface area contributed by atoms with Gasteiger partial charge >= 0.3 is 11.8 Å². The van der Waals surface area contributed by atoms with E-state index in [2.05, 4.69) is 10.4 Å². The van der Waals surface area contributed by atoms with Crippen LogP contribution in [0, 0.1) is 30.6 Å². The fraction of sp³-hybridized carbons (Fsp3) is 0.500. The lowest BCUT2D eigenvalue weighted by Gasteiger charge is -2.38. The van der Waals surface area contributed by atoms with Gasteiger partial charge in [-0.15, -0.1) is 0 Å². The molecule has 0 saturated heterocycles. The third-order valence-electron chi connectivity index (χ3n) is 10.5. The lowest BCUT2D eigenvalue weighted by molar-refractivity contribution is -0.160. The number of ketones is 1. The number of nitrogens with zero attached hydrogens (tertiary/aromatic N) is 2. The summed E-state index contributed by atoms with van der Waals surface area (Å²) in [5, 5.41) is 65.3. The number of aliphatic hydroxyl groups is 2. The van der Waals surface area contributed by atoms with Gasteiger partial charge in [-0.3, -0.25) is 14.4 Å². The maximum Gasteiger partial charge on any atom is 0.312 e. The summed E-state index contributed by atoms with van der Waals surface area (Å²) in [6, 6.07) is 0. The summed E-state index contributed by atoms with van der Waals surface area (Å²) < 4.78 is 23.4. The molecule has 2 aromatic carbocycles. The standard InChI is InChI=1S/C40H53N3O12/c1-18-13-12-14-19(2)39(51)42-30-25(17-41-43(9)10)34(48)27-28(35(30)49)33(47)23(6)37-29(27)38(50)40(8,55-37)53-16-15-26(52-11)20(3)36(54-24(7)44)22(5)32(46)21(4)31(18)45/h12-18,20-22,26,31-32,36,45-49H,1-11H3,(H,42,51). The Hall–Kier alpha value is -5.12. The minimum Gasteiger partial charge on any atom is -0.507 e. The van der Waals surface area contributed by atoms with Gasteiger partial charge in [0.2, 0.25) is 0 Å². The first-order valence-corrected chi connectivity index (χ1v) is 18.0. The molecule has 5 rings (SSSR count). The van der Waals surface area contributed by atoms with Crippen LogP contribution in [0.4, 0.5) is 5.69 Å². The molecule has 0 spiro atoms. The van der Waals surface area contributed by atoms with E-state index in [1.165, 1.54) is 64.4 Å². The Morgan fingerprint density at radius 2 is 1.62 bits per heavy atom. The number of aliphatic hydroxyl groups excluding tert-OH is 2. The number of hydrogen-bond donors (Lipinski definition) is 6. The zero-order valence-electron chi connectivity index (χ0n) is 33.1. The van der Waals surface area contributed by atoms with Gasteiger partial charge in [0.15, 0.2) is 5.75 Å². The molecule has 0 fully saturated rings. The number of fused-ring (bicyclic) bond motifs is 14. The predicted molar refractivity (Wildman–Crippen MR) is 205 cm³/mol. The maximum atomic E-state index is 14.3. The summed E-state index contributed by atoms with van der Waals surface area (Å²) in [6.45, 7) is 12.4. The Labute approximate surface area is 320 Å². The quantitative estimate of drug-likeness (QED) is 0.0822. The second-order valence-corrected chi connectivity index (χ2v) is 14.7. The van der Waals surface area contributed by atoms with Gasteiger partial charge in [0.25, 0.3) is 11.7 Å². The minimum absolute atomic E-state index is 0.0475. The average molecular weight is 768 g/mol. The van der Waals surface area contributed by atoms with Gasteiger partial charge in [-0.1, -0.05) is 45.9 Å². The molecule has 2 aromatic rings. The van der Waals surface area contributed by atoms with Crippen molar-refractivity contribution in [3.8, 4) is 23.0 Å². The van der Waals surface area contributed by atoms with E-state index in [1.54, 1.807) is 53.9 Å². The van der Waals surface area contributed by atoms with E-state index in [-0.39, 0.29) is 44.5 Å². The van der Waals surface area contributed by atoms with Crippen LogP contribution < -0.4 is 10.1 Å². The summed E-state index contributed by atoms with van der Waals surface area (Å²) in [5.74, 6) is -8.43. The van der Waals surface area contributed by atoms with Crippen molar-refractivity contribution in [1.82, 2.24) is 5.01 Å². The number of phenolic OH excluding ortho intramolecular Hbond substituents is 3. The highest BCUT2D eigenvalue weighted by Gasteiger charge is 2.50. The number of phenols is 3. The van der Waals surface area contributed by atoms with Crippen molar-refractivity contribution >= 4 is 40.3 Å². The van der Waals surface area contributed by atoms with E-state index in [4.69, 9.17) is 18.9 Å². The van der Waals surface area contributed by atoms with Crippen LogP contribution in [0.15, 0.2) is 41.2 Å². The molecule has 0 aromatic heterocycles. The first kappa shape index (κ1) is 42.6. The molecule has 55 heavy (non-hydrogen) atoms. The number of aromatic hydroxyl groups is 3. The topological polar surface area (TPSA) is 217 Å². The highest BCUT2D eigenvalue weighted by atomic mass is 16.7. The van der Waals surface area contributed by atoms with Gasteiger partial charge in [-0.05, 0) is 19.9 Å². The third kappa shape index (κ3) is 8.28. The number of ether oxygens (including phenoxy) is 4. The maximum absolute atomic E-state index is 14.3. The molecule has 0 aliphatic carbocycles. The SMILES string of the molecule is COC1C=COC2(C)Oc3c(C)c(O)c4c(O)c(c(C=NN(C)C)c(O)c4c3C2=O)NC(=O)C(C)=CC=CC(C)C(O)C(C)C(O)C(C)C(OC(C)=O)C1C. The zero-order valence-corrected chi connectivity index (χ0v) is 33.1. The van der Waals surface area contributed by atoms with Crippen molar-refractivity contribution in [3.63, 3.8) is 0 Å².